The van der Waals surface area contributed by atoms with E-state index >= 15 is 0 Å². The summed E-state index contributed by atoms with van der Waals surface area (Å²) >= 11 is 0. The second-order valence-corrected chi connectivity index (χ2v) is 7.39. The molecule has 0 saturated heterocycles. The molecule has 0 spiro atoms. The molecule has 4 aromatic rings. The zero-order chi connectivity index (χ0) is 21.8. The lowest BCUT2D eigenvalue weighted by atomic mass is 9.85. The zero-order valence-corrected chi connectivity index (χ0v) is 17.0. The van der Waals surface area contributed by atoms with Crippen LogP contribution in [0.15, 0.2) is 91.0 Å². The van der Waals surface area contributed by atoms with E-state index in [2.05, 4.69) is 0 Å². The number of hydrogen-bond donors (Lipinski definition) is 0. The van der Waals surface area contributed by atoms with Gasteiger partial charge in [0.15, 0.2) is 11.6 Å². The number of ketones is 2. The van der Waals surface area contributed by atoms with Crippen molar-refractivity contribution in [3.8, 4) is 5.75 Å². The number of fused-ring (bicyclic) bond motifs is 1. The van der Waals surface area contributed by atoms with Crippen LogP contribution in [0, 0.1) is 5.82 Å². The third-order valence-electron chi connectivity index (χ3n) is 5.42. The Morgan fingerprint density at radius 1 is 0.806 bits per heavy atom. The fourth-order valence-corrected chi connectivity index (χ4v) is 3.68. The van der Waals surface area contributed by atoms with E-state index < -0.39 is 11.7 Å². The van der Waals surface area contributed by atoms with E-state index in [9.17, 15) is 14.0 Å². The van der Waals surface area contributed by atoms with Gasteiger partial charge in [0.1, 0.15) is 11.6 Å². The molecule has 4 aromatic carbocycles. The summed E-state index contributed by atoms with van der Waals surface area (Å²) in [6.45, 7) is 0. The molecule has 0 amide bonds. The summed E-state index contributed by atoms with van der Waals surface area (Å²) in [5, 5.41) is 2.02. The molecule has 0 N–H and O–H groups in total. The number of carbonyl (C=O) groups excluding carboxylic acids is 2. The smallest absolute Gasteiger partial charge is 0.170 e. The molecule has 31 heavy (non-hydrogen) atoms. The average Bonchev–Trinajstić information content (AvgIpc) is 2.82. The monoisotopic (exact) mass is 412 g/mol. The number of methoxy groups -OCH3 is 1. The summed E-state index contributed by atoms with van der Waals surface area (Å²) in [5.41, 5.74) is 1.64. The second-order valence-electron chi connectivity index (χ2n) is 7.39. The van der Waals surface area contributed by atoms with Gasteiger partial charge in [0.25, 0.3) is 0 Å². The van der Waals surface area contributed by atoms with Crippen molar-refractivity contribution < 1.29 is 18.7 Å². The lowest BCUT2D eigenvalue weighted by Crippen LogP contribution is -2.17. The Bertz CT molecular complexity index is 1230. The van der Waals surface area contributed by atoms with Gasteiger partial charge in [0.2, 0.25) is 0 Å². The van der Waals surface area contributed by atoms with Crippen molar-refractivity contribution in [2.75, 3.05) is 7.11 Å². The van der Waals surface area contributed by atoms with Crippen LogP contribution in [0.25, 0.3) is 10.8 Å². The molecule has 0 radical (unpaired) electrons. The van der Waals surface area contributed by atoms with Gasteiger partial charge in [0, 0.05) is 17.5 Å². The standard InChI is InChI=1S/C27H21FO3/c1-31-24-14-10-19(11-15-24)25(27(30)20-8-12-23(28)13-9-20)17-26(29)22-7-6-18-4-2-3-5-21(18)16-22/h2-16,25H,17H2,1H3/t25-/m1/s1. The van der Waals surface area contributed by atoms with Crippen LogP contribution in [0.1, 0.15) is 38.6 Å². The summed E-state index contributed by atoms with van der Waals surface area (Å²) in [5.74, 6) is -0.779. The van der Waals surface area contributed by atoms with Gasteiger partial charge in [-0.15, -0.1) is 0 Å². The molecule has 0 heterocycles. The topological polar surface area (TPSA) is 43.4 Å². The van der Waals surface area contributed by atoms with E-state index in [4.69, 9.17) is 4.74 Å². The molecule has 0 aliphatic carbocycles. The Balaban J connectivity index is 1.67. The maximum Gasteiger partial charge on any atom is 0.170 e. The van der Waals surface area contributed by atoms with E-state index in [1.807, 2.05) is 36.4 Å². The third kappa shape index (κ3) is 4.53. The first-order valence-corrected chi connectivity index (χ1v) is 10.0. The van der Waals surface area contributed by atoms with E-state index in [0.29, 0.717) is 22.4 Å². The summed E-state index contributed by atoms with van der Waals surface area (Å²) in [6, 6.07) is 25.9. The summed E-state index contributed by atoms with van der Waals surface area (Å²) in [7, 11) is 1.57. The van der Waals surface area contributed by atoms with Crippen molar-refractivity contribution in [3.05, 3.63) is 114 Å². The minimum Gasteiger partial charge on any atom is -0.497 e. The lowest BCUT2D eigenvalue weighted by molar-refractivity contribution is 0.0893. The van der Waals surface area contributed by atoms with Crippen LogP contribution < -0.4 is 4.74 Å². The third-order valence-corrected chi connectivity index (χ3v) is 5.42. The van der Waals surface area contributed by atoms with E-state index in [1.165, 1.54) is 24.3 Å². The molecule has 3 nitrogen and oxygen atoms in total. The highest BCUT2D eigenvalue weighted by atomic mass is 19.1. The van der Waals surface area contributed by atoms with Crippen molar-refractivity contribution in [2.24, 2.45) is 0 Å². The van der Waals surface area contributed by atoms with Gasteiger partial charge in [-0.05, 0) is 58.8 Å². The van der Waals surface area contributed by atoms with Gasteiger partial charge in [-0.3, -0.25) is 9.59 Å². The van der Waals surface area contributed by atoms with Crippen LogP contribution in [-0.4, -0.2) is 18.7 Å². The minimum atomic E-state index is -0.685. The second kappa shape index (κ2) is 8.92. The van der Waals surface area contributed by atoms with Crippen LogP contribution in [0.3, 0.4) is 0 Å². The summed E-state index contributed by atoms with van der Waals surface area (Å²) < 4.78 is 18.5. The number of rotatable bonds is 7. The van der Waals surface area contributed by atoms with Gasteiger partial charge in [-0.1, -0.05) is 48.5 Å². The number of benzene rings is 4. The van der Waals surface area contributed by atoms with Gasteiger partial charge in [-0.2, -0.15) is 0 Å². The highest BCUT2D eigenvalue weighted by Gasteiger charge is 2.26. The lowest BCUT2D eigenvalue weighted by Gasteiger charge is -2.17. The Kier molecular flexibility index (Phi) is 5.89. The predicted molar refractivity (Wildman–Crippen MR) is 119 cm³/mol. The highest BCUT2D eigenvalue weighted by molar-refractivity contribution is 6.07. The predicted octanol–water partition coefficient (Wildman–Crippen LogP) is 6.23. The van der Waals surface area contributed by atoms with E-state index in [1.54, 1.807) is 37.4 Å². The van der Waals surface area contributed by atoms with Crippen LogP contribution in [-0.2, 0) is 0 Å². The number of hydrogen-bond acceptors (Lipinski definition) is 3. The molecule has 4 rings (SSSR count). The maximum atomic E-state index is 13.3. The van der Waals surface area contributed by atoms with Crippen molar-refractivity contribution in [1.29, 1.82) is 0 Å². The van der Waals surface area contributed by atoms with Crippen LogP contribution in [0.4, 0.5) is 4.39 Å². The Morgan fingerprint density at radius 2 is 1.45 bits per heavy atom. The fourth-order valence-electron chi connectivity index (χ4n) is 3.68. The molecule has 0 aliphatic heterocycles. The molecule has 0 aromatic heterocycles. The van der Waals surface area contributed by atoms with Gasteiger partial charge in [-0.25, -0.2) is 4.39 Å². The van der Waals surface area contributed by atoms with Gasteiger partial charge in [0.05, 0.1) is 13.0 Å². The first kappa shape index (κ1) is 20.5. The molecule has 0 bridgehead atoms. The fraction of sp³-hybridized carbons (Fsp3) is 0.111. The minimum absolute atomic E-state index is 0.0148. The number of carbonyl (C=O) groups is 2. The molecule has 0 fully saturated rings. The molecule has 1 atom stereocenters. The molecule has 0 aliphatic rings. The Hall–Kier alpha value is -3.79. The van der Waals surface area contributed by atoms with Crippen molar-refractivity contribution >= 4 is 22.3 Å². The average molecular weight is 412 g/mol. The SMILES string of the molecule is COc1ccc([C@@H](CC(=O)c2ccc3ccccc3c2)C(=O)c2ccc(F)cc2)cc1. The first-order chi connectivity index (χ1) is 15.0. The van der Waals surface area contributed by atoms with Gasteiger partial charge >= 0.3 is 0 Å². The van der Waals surface area contributed by atoms with Crippen LogP contribution in [0.5, 0.6) is 5.75 Å². The number of halogens is 1. The molecule has 0 unspecified atom stereocenters. The molecule has 154 valence electrons. The molecule has 4 heteroatoms. The molecular formula is C27H21FO3. The highest BCUT2D eigenvalue weighted by Crippen LogP contribution is 2.29. The van der Waals surface area contributed by atoms with Crippen LogP contribution >= 0.6 is 0 Å². The molecule has 0 saturated carbocycles. The quantitative estimate of drug-likeness (QED) is 0.338. The van der Waals surface area contributed by atoms with Gasteiger partial charge < -0.3 is 4.74 Å². The number of ether oxygens (including phenoxy) is 1. The van der Waals surface area contributed by atoms with Crippen molar-refractivity contribution in [1.82, 2.24) is 0 Å². The van der Waals surface area contributed by atoms with E-state index in [-0.39, 0.29) is 18.0 Å². The van der Waals surface area contributed by atoms with E-state index in [0.717, 1.165) is 10.8 Å². The zero-order valence-electron chi connectivity index (χ0n) is 17.0. The van der Waals surface area contributed by atoms with Crippen molar-refractivity contribution in [2.45, 2.75) is 12.3 Å². The maximum absolute atomic E-state index is 13.3. The largest absolute Gasteiger partial charge is 0.497 e. The normalized spacial score (nSPS) is 11.8. The Morgan fingerprint density at radius 3 is 2.13 bits per heavy atom. The van der Waals surface area contributed by atoms with Crippen molar-refractivity contribution in [3.63, 3.8) is 0 Å². The number of Topliss-reactive ketones (excluding diaryl/α,β-unsaturated/α-hetero) is 2. The first-order valence-electron chi connectivity index (χ1n) is 10.0. The molecular weight excluding hydrogens is 391 g/mol. The Labute approximate surface area is 180 Å². The summed E-state index contributed by atoms with van der Waals surface area (Å²) in [4.78, 5) is 26.4. The van der Waals surface area contributed by atoms with Crippen LogP contribution in [0.2, 0.25) is 0 Å². The summed E-state index contributed by atoms with van der Waals surface area (Å²) in [6.07, 6.45) is 0.0148.